The minimum atomic E-state index is -0.391. The zero-order valence-corrected chi connectivity index (χ0v) is 10.4. The van der Waals surface area contributed by atoms with Crippen molar-refractivity contribution in [2.75, 3.05) is 31.9 Å². The number of hydrogen-bond donors (Lipinski definition) is 2. The minimum Gasteiger partial charge on any atom is -0.495 e. The molecule has 0 heterocycles. The molecule has 0 saturated carbocycles. The molecule has 1 rings (SSSR count). The average molecular weight is 242 g/mol. The highest BCUT2D eigenvalue weighted by atomic mass is 19.1. The molecule has 4 nitrogen and oxygen atoms in total. The van der Waals surface area contributed by atoms with Gasteiger partial charge in [-0.25, -0.2) is 4.39 Å². The molecule has 96 valence electrons. The van der Waals surface area contributed by atoms with Crippen molar-refractivity contribution in [1.29, 1.82) is 0 Å². The molecule has 0 aliphatic rings. The van der Waals surface area contributed by atoms with Gasteiger partial charge >= 0.3 is 0 Å². The van der Waals surface area contributed by atoms with Crippen LogP contribution in [0.1, 0.15) is 13.3 Å². The Morgan fingerprint density at radius 3 is 2.65 bits per heavy atom. The van der Waals surface area contributed by atoms with E-state index in [1.165, 1.54) is 13.2 Å². The highest BCUT2D eigenvalue weighted by Crippen LogP contribution is 2.28. The number of methoxy groups -OCH3 is 2. The summed E-state index contributed by atoms with van der Waals surface area (Å²) >= 11 is 0. The van der Waals surface area contributed by atoms with E-state index in [9.17, 15) is 4.39 Å². The van der Waals surface area contributed by atoms with E-state index in [0.29, 0.717) is 18.0 Å². The minimum absolute atomic E-state index is 0.0582. The van der Waals surface area contributed by atoms with Gasteiger partial charge in [0.15, 0.2) is 0 Å². The van der Waals surface area contributed by atoms with Gasteiger partial charge in [-0.05, 0) is 6.42 Å². The van der Waals surface area contributed by atoms with E-state index in [2.05, 4.69) is 5.32 Å². The fourth-order valence-corrected chi connectivity index (χ4v) is 1.54. The fourth-order valence-electron chi connectivity index (χ4n) is 1.54. The van der Waals surface area contributed by atoms with Gasteiger partial charge in [0.25, 0.3) is 0 Å². The number of anilines is 2. The normalized spacial score (nSPS) is 12.2. The Kier molecular flexibility index (Phi) is 5.03. The van der Waals surface area contributed by atoms with Crippen LogP contribution in [-0.4, -0.2) is 26.9 Å². The highest BCUT2D eigenvalue weighted by molar-refractivity contribution is 5.62. The van der Waals surface area contributed by atoms with E-state index in [1.54, 1.807) is 13.2 Å². The molecule has 1 unspecified atom stereocenters. The molecular formula is C12H19FN2O2. The van der Waals surface area contributed by atoms with Gasteiger partial charge < -0.3 is 20.5 Å². The van der Waals surface area contributed by atoms with Gasteiger partial charge in [0, 0.05) is 25.3 Å². The third-order valence-corrected chi connectivity index (χ3v) is 2.54. The molecule has 0 saturated heterocycles. The van der Waals surface area contributed by atoms with E-state index in [0.717, 1.165) is 6.42 Å². The summed E-state index contributed by atoms with van der Waals surface area (Å²) in [6.45, 7) is 2.52. The molecule has 3 N–H and O–H groups in total. The van der Waals surface area contributed by atoms with Gasteiger partial charge in [-0.15, -0.1) is 0 Å². The van der Waals surface area contributed by atoms with Crippen LogP contribution < -0.4 is 15.8 Å². The van der Waals surface area contributed by atoms with Crippen LogP contribution in [0.5, 0.6) is 5.75 Å². The number of rotatable bonds is 6. The maximum Gasteiger partial charge on any atom is 0.148 e. The van der Waals surface area contributed by atoms with Gasteiger partial charge in [0.05, 0.1) is 25.1 Å². The van der Waals surface area contributed by atoms with Crippen molar-refractivity contribution in [3.63, 3.8) is 0 Å². The molecule has 0 fully saturated rings. The lowest BCUT2D eigenvalue weighted by Crippen LogP contribution is -2.24. The number of hydrogen-bond acceptors (Lipinski definition) is 4. The summed E-state index contributed by atoms with van der Waals surface area (Å²) in [6.07, 6.45) is 0.833. The van der Waals surface area contributed by atoms with Crippen LogP contribution in [0.15, 0.2) is 12.1 Å². The third-order valence-electron chi connectivity index (χ3n) is 2.54. The van der Waals surface area contributed by atoms with Crippen LogP contribution in [0.4, 0.5) is 15.8 Å². The Hall–Kier alpha value is -1.49. The highest BCUT2D eigenvalue weighted by Gasteiger charge is 2.12. The van der Waals surface area contributed by atoms with Crippen LogP contribution in [0.3, 0.4) is 0 Å². The largest absolute Gasteiger partial charge is 0.495 e. The number of nitrogens with two attached hydrogens (primary N) is 1. The van der Waals surface area contributed by atoms with Gasteiger partial charge in [-0.3, -0.25) is 0 Å². The number of ether oxygens (including phenoxy) is 2. The second-order valence-electron chi connectivity index (χ2n) is 3.78. The monoisotopic (exact) mass is 242 g/mol. The SMILES string of the molecule is CCC(COC)Nc1cc(OC)c(N)cc1F. The number of nitrogens with one attached hydrogen (secondary N) is 1. The molecule has 1 aromatic carbocycles. The molecule has 5 heteroatoms. The maximum atomic E-state index is 13.7. The predicted octanol–water partition coefficient (Wildman–Crippen LogP) is 2.25. The molecule has 0 amide bonds. The van der Waals surface area contributed by atoms with Gasteiger partial charge in [0.1, 0.15) is 11.6 Å². The molecule has 1 aromatic rings. The topological polar surface area (TPSA) is 56.5 Å². The molecule has 0 aliphatic heterocycles. The third kappa shape index (κ3) is 3.49. The van der Waals surface area contributed by atoms with Crippen LogP contribution in [-0.2, 0) is 4.74 Å². The zero-order valence-electron chi connectivity index (χ0n) is 10.4. The van der Waals surface area contributed by atoms with Gasteiger partial charge in [-0.1, -0.05) is 6.92 Å². The second kappa shape index (κ2) is 6.30. The average Bonchev–Trinajstić information content (AvgIpc) is 2.31. The Bertz CT molecular complexity index is 372. The Labute approximate surface area is 101 Å². The molecular weight excluding hydrogens is 223 g/mol. The first kappa shape index (κ1) is 13.6. The summed E-state index contributed by atoms with van der Waals surface area (Å²) in [5.74, 6) is 0.0685. The van der Waals surface area contributed by atoms with Crippen LogP contribution >= 0.6 is 0 Å². The smallest absolute Gasteiger partial charge is 0.148 e. The van der Waals surface area contributed by atoms with E-state index < -0.39 is 5.82 Å². The van der Waals surface area contributed by atoms with Gasteiger partial charge in [-0.2, -0.15) is 0 Å². The first-order valence-corrected chi connectivity index (χ1v) is 5.50. The summed E-state index contributed by atoms with van der Waals surface area (Å²) in [7, 11) is 3.12. The predicted molar refractivity (Wildman–Crippen MR) is 66.9 cm³/mol. The van der Waals surface area contributed by atoms with Crippen LogP contribution in [0.25, 0.3) is 0 Å². The van der Waals surface area contributed by atoms with Crippen LogP contribution in [0.2, 0.25) is 0 Å². The second-order valence-corrected chi connectivity index (χ2v) is 3.78. The molecule has 0 bridgehead atoms. The van der Waals surface area contributed by atoms with Crippen molar-refractivity contribution in [3.05, 3.63) is 17.9 Å². The van der Waals surface area contributed by atoms with E-state index in [-0.39, 0.29) is 11.7 Å². The first-order valence-electron chi connectivity index (χ1n) is 5.50. The van der Waals surface area contributed by atoms with Crippen molar-refractivity contribution < 1.29 is 13.9 Å². The lowest BCUT2D eigenvalue weighted by atomic mass is 10.2. The fraction of sp³-hybridized carbons (Fsp3) is 0.500. The van der Waals surface area contributed by atoms with E-state index in [4.69, 9.17) is 15.2 Å². The Morgan fingerprint density at radius 1 is 1.41 bits per heavy atom. The van der Waals surface area contributed by atoms with E-state index in [1.807, 2.05) is 6.92 Å². The van der Waals surface area contributed by atoms with Gasteiger partial charge in [0.2, 0.25) is 0 Å². The summed E-state index contributed by atoms with van der Waals surface area (Å²) in [4.78, 5) is 0. The first-order chi connectivity index (χ1) is 8.12. The lowest BCUT2D eigenvalue weighted by molar-refractivity contribution is 0.184. The molecule has 0 aliphatic carbocycles. The molecule has 0 spiro atoms. The summed E-state index contributed by atoms with van der Waals surface area (Å²) in [5.41, 5.74) is 6.27. The number of nitrogen functional groups attached to an aromatic ring is 1. The van der Waals surface area contributed by atoms with Crippen molar-refractivity contribution in [3.8, 4) is 5.75 Å². The molecule has 0 aromatic heterocycles. The summed E-state index contributed by atoms with van der Waals surface area (Å²) < 4.78 is 23.8. The molecule has 1 atom stereocenters. The number of halogens is 1. The van der Waals surface area contributed by atoms with Crippen LogP contribution in [0, 0.1) is 5.82 Å². The summed E-state index contributed by atoms with van der Waals surface area (Å²) in [6, 6.07) is 2.87. The lowest BCUT2D eigenvalue weighted by Gasteiger charge is -2.18. The number of benzene rings is 1. The van der Waals surface area contributed by atoms with Crippen molar-refractivity contribution >= 4 is 11.4 Å². The maximum absolute atomic E-state index is 13.7. The molecule has 17 heavy (non-hydrogen) atoms. The Morgan fingerprint density at radius 2 is 2.12 bits per heavy atom. The van der Waals surface area contributed by atoms with Crippen molar-refractivity contribution in [1.82, 2.24) is 0 Å². The standard InChI is InChI=1S/C12H19FN2O2/c1-4-8(7-16-2)15-11-6-12(17-3)10(14)5-9(11)13/h5-6,8,15H,4,7,14H2,1-3H3. The summed E-state index contributed by atoms with van der Waals surface area (Å²) in [5, 5.41) is 3.06. The molecule has 0 radical (unpaired) electrons. The van der Waals surface area contributed by atoms with Crippen molar-refractivity contribution in [2.45, 2.75) is 19.4 Å². The van der Waals surface area contributed by atoms with Crippen molar-refractivity contribution in [2.24, 2.45) is 0 Å². The Balaban J connectivity index is 2.89. The quantitative estimate of drug-likeness (QED) is 0.751. The zero-order chi connectivity index (χ0) is 12.8. The van der Waals surface area contributed by atoms with E-state index >= 15 is 0 Å².